The van der Waals surface area contributed by atoms with Crippen LogP contribution < -0.4 is 5.32 Å². The van der Waals surface area contributed by atoms with Gasteiger partial charge in [-0.1, -0.05) is 13.3 Å². The van der Waals surface area contributed by atoms with E-state index in [9.17, 15) is 8.42 Å². The first-order valence-corrected chi connectivity index (χ1v) is 9.51. The Kier molecular flexibility index (Phi) is 5.26. The summed E-state index contributed by atoms with van der Waals surface area (Å²) >= 11 is 0. The molecule has 2 aliphatic rings. The third-order valence-corrected chi connectivity index (χ3v) is 6.26. The highest BCUT2D eigenvalue weighted by atomic mass is 32.2. The minimum atomic E-state index is -2.78. The molecule has 0 bridgehead atoms. The van der Waals surface area contributed by atoms with Crippen LogP contribution in [0.15, 0.2) is 0 Å². The van der Waals surface area contributed by atoms with Crippen molar-refractivity contribution in [3.63, 3.8) is 0 Å². The van der Waals surface area contributed by atoms with E-state index in [1.807, 2.05) is 0 Å². The van der Waals surface area contributed by atoms with Crippen LogP contribution >= 0.6 is 0 Å². The van der Waals surface area contributed by atoms with Gasteiger partial charge in [0, 0.05) is 19.6 Å². The first-order valence-electron chi connectivity index (χ1n) is 7.69. The molecule has 112 valence electrons. The molecule has 2 aliphatic heterocycles. The number of nitrogens with one attached hydrogen (secondary N) is 1. The molecule has 4 nitrogen and oxygen atoms in total. The molecule has 0 aromatic heterocycles. The lowest BCUT2D eigenvalue weighted by molar-refractivity contribution is 0.111. The fraction of sp³-hybridized carbons (Fsp3) is 1.00. The molecular formula is C14H28N2O2S. The summed E-state index contributed by atoms with van der Waals surface area (Å²) in [6.07, 6.45) is 5.82. The second-order valence-corrected chi connectivity index (χ2v) is 8.62. The third-order valence-electron chi connectivity index (χ3n) is 4.55. The fourth-order valence-electron chi connectivity index (χ4n) is 3.61. The summed E-state index contributed by atoms with van der Waals surface area (Å²) in [5, 5.41) is 3.54. The van der Waals surface area contributed by atoms with Crippen LogP contribution in [0.25, 0.3) is 0 Å². The lowest BCUT2D eigenvalue weighted by Crippen LogP contribution is -2.48. The van der Waals surface area contributed by atoms with Crippen molar-refractivity contribution in [2.45, 2.75) is 39.0 Å². The summed E-state index contributed by atoms with van der Waals surface area (Å²) < 4.78 is 23.3. The van der Waals surface area contributed by atoms with Gasteiger partial charge in [-0.05, 0) is 44.2 Å². The topological polar surface area (TPSA) is 49.4 Å². The maximum Gasteiger partial charge on any atom is 0.151 e. The summed E-state index contributed by atoms with van der Waals surface area (Å²) in [6.45, 7) is 7.25. The summed E-state index contributed by atoms with van der Waals surface area (Å²) in [4.78, 5) is 2.40. The van der Waals surface area contributed by atoms with Gasteiger partial charge in [0.25, 0.3) is 0 Å². The number of sulfone groups is 1. The van der Waals surface area contributed by atoms with Crippen molar-refractivity contribution in [2.75, 3.05) is 44.2 Å². The predicted molar refractivity (Wildman–Crippen MR) is 79.2 cm³/mol. The molecule has 0 aliphatic carbocycles. The van der Waals surface area contributed by atoms with Crippen LogP contribution in [-0.4, -0.2) is 57.5 Å². The first kappa shape index (κ1) is 15.3. The van der Waals surface area contributed by atoms with Gasteiger partial charge in [-0.3, -0.25) is 0 Å². The zero-order valence-electron chi connectivity index (χ0n) is 12.2. The van der Waals surface area contributed by atoms with E-state index in [1.54, 1.807) is 0 Å². The molecule has 5 heteroatoms. The predicted octanol–water partition coefficient (Wildman–Crippen LogP) is 1.28. The Bertz CT molecular complexity index is 369. The van der Waals surface area contributed by atoms with Gasteiger partial charge < -0.3 is 10.2 Å². The van der Waals surface area contributed by atoms with Crippen LogP contribution in [0.5, 0.6) is 0 Å². The molecule has 1 N–H and O–H groups in total. The van der Waals surface area contributed by atoms with Gasteiger partial charge in [-0.2, -0.15) is 0 Å². The smallest absolute Gasteiger partial charge is 0.151 e. The van der Waals surface area contributed by atoms with Crippen molar-refractivity contribution < 1.29 is 8.42 Å². The molecule has 0 aromatic rings. The SMILES string of the molecule is CCCC1(CN2CCCS(=O)(=O)CC2)CCCNC1. The molecule has 1 atom stereocenters. The molecule has 2 saturated heterocycles. The summed E-state index contributed by atoms with van der Waals surface area (Å²) in [5.41, 5.74) is 0.376. The van der Waals surface area contributed by atoms with Gasteiger partial charge in [-0.25, -0.2) is 8.42 Å². The Labute approximate surface area is 117 Å². The quantitative estimate of drug-likeness (QED) is 0.846. The molecule has 2 rings (SSSR count). The Morgan fingerprint density at radius 3 is 2.74 bits per heavy atom. The van der Waals surface area contributed by atoms with Crippen LogP contribution in [0.4, 0.5) is 0 Å². The van der Waals surface area contributed by atoms with Crippen LogP contribution in [0, 0.1) is 5.41 Å². The zero-order valence-corrected chi connectivity index (χ0v) is 13.0. The maximum atomic E-state index is 11.7. The normalized spacial score (nSPS) is 32.9. The van der Waals surface area contributed by atoms with Gasteiger partial charge in [0.15, 0.2) is 9.84 Å². The maximum absolute atomic E-state index is 11.7. The van der Waals surface area contributed by atoms with E-state index in [2.05, 4.69) is 17.1 Å². The number of nitrogens with zero attached hydrogens (tertiary/aromatic N) is 1. The highest BCUT2D eigenvalue weighted by molar-refractivity contribution is 7.91. The van der Waals surface area contributed by atoms with Crippen LogP contribution in [0.1, 0.15) is 39.0 Å². The van der Waals surface area contributed by atoms with E-state index in [0.29, 0.717) is 16.9 Å². The monoisotopic (exact) mass is 288 g/mol. The summed E-state index contributed by atoms with van der Waals surface area (Å²) in [6, 6.07) is 0. The standard InChI is InChI=1S/C14H28N2O2S/c1-2-5-14(6-3-7-15-12-14)13-16-8-4-10-19(17,18)11-9-16/h15H,2-13H2,1H3. The number of hydrogen-bond acceptors (Lipinski definition) is 4. The van der Waals surface area contributed by atoms with E-state index in [0.717, 1.165) is 39.1 Å². The van der Waals surface area contributed by atoms with E-state index in [1.165, 1.54) is 25.7 Å². The molecule has 0 amide bonds. The number of rotatable bonds is 4. The van der Waals surface area contributed by atoms with Crippen molar-refractivity contribution in [3.8, 4) is 0 Å². The lowest BCUT2D eigenvalue weighted by Gasteiger charge is -2.41. The minimum absolute atomic E-state index is 0.350. The number of hydrogen-bond donors (Lipinski definition) is 1. The van der Waals surface area contributed by atoms with Crippen LogP contribution in [0.2, 0.25) is 0 Å². The number of piperidine rings is 1. The van der Waals surface area contributed by atoms with E-state index < -0.39 is 9.84 Å². The largest absolute Gasteiger partial charge is 0.316 e. The van der Waals surface area contributed by atoms with Crippen molar-refractivity contribution in [2.24, 2.45) is 5.41 Å². The Balaban J connectivity index is 1.96. The third kappa shape index (κ3) is 4.43. The molecule has 1 unspecified atom stereocenters. The second kappa shape index (κ2) is 6.55. The van der Waals surface area contributed by atoms with Crippen molar-refractivity contribution in [1.29, 1.82) is 0 Å². The van der Waals surface area contributed by atoms with E-state index in [-0.39, 0.29) is 0 Å². The molecule has 2 heterocycles. The molecule has 19 heavy (non-hydrogen) atoms. The molecular weight excluding hydrogens is 260 g/mol. The van der Waals surface area contributed by atoms with Gasteiger partial charge >= 0.3 is 0 Å². The Morgan fingerprint density at radius 2 is 2.05 bits per heavy atom. The highest BCUT2D eigenvalue weighted by Crippen LogP contribution is 2.32. The summed E-state index contributed by atoms with van der Waals surface area (Å²) in [7, 11) is -2.78. The lowest BCUT2D eigenvalue weighted by atomic mass is 9.76. The highest BCUT2D eigenvalue weighted by Gasteiger charge is 2.33. The van der Waals surface area contributed by atoms with Gasteiger partial charge in [0.2, 0.25) is 0 Å². The Morgan fingerprint density at radius 1 is 1.21 bits per heavy atom. The van der Waals surface area contributed by atoms with Gasteiger partial charge in [-0.15, -0.1) is 0 Å². The molecule has 2 fully saturated rings. The molecule has 0 saturated carbocycles. The average molecular weight is 288 g/mol. The minimum Gasteiger partial charge on any atom is -0.316 e. The molecule has 0 aromatic carbocycles. The Hall–Kier alpha value is -0.130. The first-order chi connectivity index (χ1) is 9.05. The summed E-state index contributed by atoms with van der Waals surface area (Å²) in [5.74, 6) is 0.727. The van der Waals surface area contributed by atoms with Crippen molar-refractivity contribution >= 4 is 9.84 Å². The van der Waals surface area contributed by atoms with Gasteiger partial charge in [0.1, 0.15) is 0 Å². The second-order valence-electron chi connectivity index (χ2n) is 6.31. The van der Waals surface area contributed by atoms with Gasteiger partial charge in [0.05, 0.1) is 11.5 Å². The fourth-order valence-corrected chi connectivity index (χ4v) is 4.92. The van der Waals surface area contributed by atoms with E-state index >= 15 is 0 Å². The van der Waals surface area contributed by atoms with Crippen molar-refractivity contribution in [1.82, 2.24) is 10.2 Å². The van der Waals surface area contributed by atoms with E-state index in [4.69, 9.17) is 0 Å². The zero-order chi connectivity index (χ0) is 13.8. The molecule has 0 radical (unpaired) electrons. The molecule has 0 spiro atoms. The average Bonchev–Trinajstić information content (AvgIpc) is 2.52. The van der Waals surface area contributed by atoms with Crippen LogP contribution in [-0.2, 0) is 9.84 Å². The van der Waals surface area contributed by atoms with Crippen LogP contribution in [0.3, 0.4) is 0 Å². The van der Waals surface area contributed by atoms with Crippen molar-refractivity contribution in [3.05, 3.63) is 0 Å².